The van der Waals surface area contributed by atoms with Crippen molar-refractivity contribution in [2.75, 3.05) is 6.61 Å². The Labute approximate surface area is 107 Å². The maximum Gasteiger partial charge on any atom is 0.338 e. The summed E-state index contributed by atoms with van der Waals surface area (Å²) in [6.45, 7) is 3.74. The van der Waals surface area contributed by atoms with Crippen molar-refractivity contribution in [1.29, 1.82) is 0 Å². The first-order chi connectivity index (χ1) is 8.81. The van der Waals surface area contributed by atoms with Gasteiger partial charge in [-0.15, -0.1) is 0 Å². The molecule has 2 aromatic carbocycles. The Kier molecular flexibility index (Phi) is 3.92. The number of ether oxygens (including phenoxy) is 1. The summed E-state index contributed by atoms with van der Waals surface area (Å²) in [4.78, 5) is 11.7. The molecule has 0 bridgehead atoms. The van der Waals surface area contributed by atoms with Crippen LogP contribution in [0, 0.1) is 0 Å². The van der Waals surface area contributed by atoms with Gasteiger partial charge in [0.15, 0.2) is 0 Å². The number of benzene rings is 2. The molecule has 0 saturated heterocycles. The predicted octanol–water partition coefficient (Wildman–Crippen LogP) is 3.70. The van der Waals surface area contributed by atoms with Gasteiger partial charge in [-0.2, -0.15) is 0 Å². The SMILES string of the molecule is C=CCOC(=O)c1cccc(-c2ccccc2)c1. The molecule has 2 rings (SSSR count). The molecule has 0 aliphatic carbocycles. The number of hydrogen-bond donors (Lipinski definition) is 0. The lowest BCUT2D eigenvalue weighted by atomic mass is 10.0. The summed E-state index contributed by atoms with van der Waals surface area (Å²) in [6.07, 6.45) is 1.55. The number of hydrogen-bond acceptors (Lipinski definition) is 2. The molecule has 0 atom stereocenters. The second-order valence-electron chi connectivity index (χ2n) is 3.83. The lowest BCUT2D eigenvalue weighted by Gasteiger charge is -2.05. The Balaban J connectivity index is 2.25. The van der Waals surface area contributed by atoms with E-state index in [-0.39, 0.29) is 12.6 Å². The van der Waals surface area contributed by atoms with Crippen molar-refractivity contribution in [2.45, 2.75) is 0 Å². The van der Waals surface area contributed by atoms with Gasteiger partial charge in [-0.05, 0) is 23.3 Å². The average molecular weight is 238 g/mol. The van der Waals surface area contributed by atoms with Crippen molar-refractivity contribution in [1.82, 2.24) is 0 Å². The largest absolute Gasteiger partial charge is 0.458 e. The molecule has 0 heterocycles. The molecule has 0 radical (unpaired) electrons. The maximum absolute atomic E-state index is 11.7. The highest BCUT2D eigenvalue weighted by molar-refractivity contribution is 5.91. The minimum Gasteiger partial charge on any atom is -0.458 e. The summed E-state index contributed by atoms with van der Waals surface area (Å²) in [6, 6.07) is 17.3. The van der Waals surface area contributed by atoms with Crippen molar-refractivity contribution in [3.05, 3.63) is 72.8 Å². The third kappa shape index (κ3) is 2.86. The first-order valence-electron chi connectivity index (χ1n) is 5.75. The quantitative estimate of drug-likeness (QED) is 0.599. The Morgan fingerprint density at radius 1 is 1.06 bits per heavy atom. The molecular formula is C16H14O2. The fourth-order valence-corrected chi connectivity index (χ4v) is 1.67. The molecule has 0 spiro atoms. The first kappa shape index (κ1) is 12.1. The van der Waals surface area contributed by atoms with Crippen LogP contribution < -0.4 is 0 Å². The molecule has 0 fully saturated rings. The summed E-state index contributed by atoms with van der Waals surface area (Å²) >= 11 is 0. The van der Waals surface area contributed by atoms with Crippen molar-refractivity contribution >= 4 is 5.97 Å². The van der Waals surface area contributed by atoms with Crippen LogP contribution in [0.25, 0.3) is 11.1 Å². The van der Waals surface area contributed by atoms with Gasteiger partial charge in [0.25, 0.3) is 0 Å². The Morgan fingerprint density at radius 3 is 2.50 bits per heavy atom. The van der Waals surface area contributed by atoms with Crippen LogP contribution in [-0.2, 0) is 4.74 Å². The van der Waals surface area contributed by atoms with Gasteiger partial charge in [-0.3, -0.25) is 0 Å². The summed E-state index contributed by atoms with van der Waals surface area (Å²) in [5.74, 6) is -0.326. The van der Waals surface area contributed by atoms with Gasteiger partial charge >= 0.3 is 5.97 Å². The zero-order valence-corrected chi connectivity index (χ0v) is 10.0. The van der Waals surface area contributed by atoms with E-state index < -0.39 is 0 Å². The predicted molar refractivity (Wildman–Crippen MR) is 72.4 cm³/mol. The monoisotopic (exact) mass is 238 g/mol. The Bertz CT molecular complexity index is 544. The lowest BCUT2D eigenvalue weighted by molar-refractivity contribution is 0.0550. The Morgan fingerprint density at radius 2 is 1.78 bits per heavy atom. The van der Waals surface area contributed by atoms with Crippen LogP contribution in [-0.4, -0.2) is 12.6 Å². The van der Waals surface area contributed by atoms with Gasteiger partial charge in [-0.25, -0.2) is 4.79 Å². The van der Waals surface area contributed by atoms with E-state index >= 15 is 0 Å². The Hall–Kier alpha value is -2.35. The molecule has 0 saturated carbocycles. The van der Waals surface area contributed by atoms with Gasteiger partial charge < -0.3 is 4.74 Å². The zero-order chi connectivity index (χ0) is 12.8. The van der Waals surface area contributed by atoms with E-state index in [2.05, 4.69) is 6.58 Å². The summed E-state index contributed by atoms with van der Waals surface area (Å²) in [5.41, 5.74) is 2.64. The van der Waals surface area contributed by atoms with E-state index in [1.807, 2.05) is 48.5 Å². The van der Waals surface area contributed by atoms with Crippen LogP contribution in [0.15, 0.2) is 67.3 Å². The van der Waals surface area contributed by atoms with E-state index in [1.54, 1.807) is 12.1 Å². The number of rotatable bonds is 4. The highest BCUT2D eigenvalue weighted by Crippen LogP contribution is 2.20. The smallest absolute Gasteiger partial charge is 0.338 e. The molecule has 2 nitrogen and oxygen atoms in total. The van der Waals surface area contributed by atoms with Crippen molar-refractivity contribution in [3.8, 4) is 11.1 Å². The molecule has 0 aromatic heterocycles. The van der Waals surface area contributed by atoms with Gasteiger partial charge in [0, 0.05) is 0 Å². The topological polar surface area (TPSA) is 26.3 Å². The third-order valence-corrected chi connectivity index (χ3v) is 2.54. The van der Waals surface area contributed by atoms with Crippen LogP contribution in [0.2, 0.25) is 0 Å². The van der Waals surface area contributed by atoms with E-state index in [0.29, 0.717) is 5.56 Å². The maximum atomic E-state index is 11.7. The highest BCUT2D eigenvalue weighted by Gasteiger charge is 2.07. The average Bonchev–Trinajstić information content (AvgIpc) is 2.46. The van der Waals surface area contributed by atoms with Gasteiger partial charge in [0.1, 0.15) is 6.61 Å². The summed E-state index contributed by atoms with van der Waals surface area (Å²) in [5, 5.41) is 0. The fourth-order valence-electron chi connectivity index (χ4n) is 1.67. The van der Waals surface area contributed by atoms with Crippen LogP contribution in [0.3, 0.4) is 0 Å². The minimum absolute atomic E-state index is 0.231. The molecule has 2 aromatic rings. The van der Waals surface area contributed by atoms with Crippen LogP contribution in [0.1, 0.15) is 10.4 Å². The fraction of sp³-hybridized carbons (Fsp3) is 0.0625. The van der Waals surface area contributed by atoms with E-state index in [4.69, 9.17) is 4.74 Å². The van der Waals surface area contributed by atoms with Crippen molar-refractivity contribution < 1.29 is 9.53 Å². The first-order valence-corrected chi connectivity index (χ1v) is 5.75. The van der Waals surface area contributed by atoms with Gasteiger partial charge in [-0.1, -0.05) is 55.1 Å². The normalized spacial score (nSPS) is 9.78. The number of esters is 1. The van der Waals surface area contributed by atoms with E-state index in [0.717, 1.165) is 11.1 Å². The molecule has 90 valence electrons. The molecular weight excluding hydrogens is 224 g/mol. The molecule has 0 N–H and O–H groups in total. The van der Waals surface area contributed by atoms with Gasteiger partial charge in [0.2, 0.25) is 0 Å². The van der Waals surface area contributed by atoms with Crippen LogP contribution in [0.4, 0.5) is 0 Å². The van der Waals surface area contributed by atoms with Crippen LogP contribution >= 0.6 is 0 Å². The van der Waals surface area contributed by atoms with Crippen molar-refractivity contribution in [2.24, 2.45) is 0 Å². The van der Waals surface area contributed by atoms with E-state index in [1.165, 1.54) is 0 Å². The second kappa shape index (κ2) is 5.82. The molecule has 18 heavy (non-hydrogen) atoms. The number of carbonyl (C=O) groups excluding carboxylic acids is 1. The summed E-state index contributed by atoms with van der Waals surface area (Å²) in [7, 11) is 0. The standard InChI is InChI=1S/C16H14O2/c1-2-11-18-16(17)15-10-6-9-14(12-15)13-7-4-3-5-8-13/h2-10,12H,1,11H2. The zero-order valence-electron chi connectivity index (χ0n) is 10.0. The molecule has 0 aliphatic heterocycles. The minimum atomic E-state index is -0.326. The lowest BCUT2D eigenvalue weighted by Crippen LogP contribution is -2.04. The molecule has 0 unspecified atom stereocenters. The highest BCUT2D eigenvalue weighted by atomic mass is 16.5. The molecule has 0 aliphatic rings. The summed E-state index contributed by atoms with van der Waals surface area (Å²) < 4.78 is 5.01. The van der Waals surface area contributed by atoms with Crippen molar-refractivity contribution in [3.63, 3.8) is 0 Å². The molecule has 0 amide bonds. The number of carbonyl (C=O) groups is 1. The van der Waals surface area contributed by atoms with Crippen LogP contribution in [0.5, 0.6) is 0 Å². The van der Waals surface area contributed by atoms with E-state index in [9.17, 15) is 4.79 Å². The second-order valence-corrected chi connectivity index (χ2v) is 3.83. The van der Waals surface area contributed by atoms with Gasteiger partial charge in [0.05, 0.1) is 5.56 Å². The molecule has 2 heteroatoms. The third-order valence-electron chi connectivity index (χ3n) is 2.54.